The van der Waals surface area contributed by atoms with Crippen LogP contribution in [0.3, 0.4) is 0 Å². The Morgan fingerprint density at radius 1 is 0.837 bits per heavy atom. The fourth-order valence-corrected chi connectivity index (χ4v) is 4.41. The molecule has 0 amide bonds. The van der Waals surface area contributed by atoms with Gasteiger partial charge in [-0.15, -0.1) is 0 Å². The molecular formula is C35H36ClN3O4. The summed E-state index contributed by atoms with van der Waals surface area (Å²) in [5, 5.41) is 19.5. The summed E-state index contributed by atoms with van der Waals surface area (Å²) in [4.78, 5) is 17.5. The summed E-state index contributed by atoms with van der Waals surface area (Å²) in [6.45, 7) is 4.64. The van der Waals surface area contributed by atoms with Crippen molar-refractivity contribution in [3.8, 4) is 17.2 Å². The average molecular weight is 598 g/mol. The molecule has 1 N–H and O–H groups in total. The summed E-state index contributed by atoms with van der Waals surface area (Å²) < 4.78 is 11.4. The van der Waals surface area contributed by atoms with E-state index in [1.807, 2.05) is 13.0 Å². The first-order chi connectivity index (χ1) is 20.9. The zero-order chi connectivity index (χ0) is 30.4. The van der Waals surface area contributed by atoms with Gasteiger partial charge in [0, 0.05) is 22.9 Å². The SMILES string of the molecule is CCCCCCCCOc1ccc(C=Nc2cccc(C(=O)Oc3ccc(N=Nc4ccc(Cl)cc4)cc3)c2C)c(O)c1. The topological polar surface area (TPSA) is 92.8 Å². The highest BCUT2D eigenvalue weighted by molar-refractivity contribution is 6.30. The highest BCUT2D eigenvalue weighted by atomic mass is 35.5. The van der Waals surface area contributed by atoms with E-state index in [4.69, 9.17) is 21.1 Å². The standard InChI is InChI=1S/C35H36ClN3O4/c1-3-4-5-6-7-8-22-42-31-19-12-26(34(40)23-31)24-37-33-11-9-10-32(25(33)2)35(41)43-30-20-17-29(18-21-30)39-38-28-15-13-27(36)14-16-28/h9-21,23-24,40H,3-8,22H2,1-2H3. The molecule has 0 saturated heterocycles. The third kappa shape index (κ3) is 9.79. The van der Waals surface area contributed by atoms with E-state index in [1.165, 1.54) is 25.7 Å². The summed E-state index contributed by atoms with van der Waals surface area (Å²) in [5.74, 6) is 0.586. The van der Waals surface area contributed by atoms with Crippen molar-refractivity contribution in [3.05, 3.63) is 107 Å². The van der Waals surface area contributed by atoms with E-state index >= 15 is 0 Å². The summed E-state index contributed by atoms with van der Waals surface area (Å²) in [7, 11) is 0. The molecule has 8 heteroatoms. The Morgan fingerprint density at radius 3 is 2.19 bits per heavy atom. The molecule has 0 radical (unpaired) electrons. The zero-order valence-electron chi connectivity index (χ0n) is 24.5. The van der Waals surface area contributed by atoms with Gasteiger partial charge in [0.1, 0.15) is 17.2 Å². The Labute approximate surface area is 257 Å². The molecule has 222 valence electrons. The van der Waals surface area contributed by atoms with Gasteiger partial charge in [-0.2, -0.15) is 10.2 Å². The van der Waals surface area contributed by atoms with Crippen molar-refractivity contribution in [2.75, 3.05) is 6.61 Å². The Kier molecular flexibility index (Phi) is 11.9. The van der Waals surface area contributed by atoms with E-state index in [-0.39, 0.29) is 5.75 Å². The molecular weight excluding hydrogens is 562 g/mol. The van der Waals surface area contributed by atoms with E-state index in [1.54, 1.807) is 85.1 Å². The Balaban J connectivity index is 1.33. The van der Waals surface area contributed by atoms with Gasteiger partial charge < -0.3 is 14.6 Å². The lowest BCUT2D eigenvalue weighted by molar-refractivity contribution is 0.0734. The monoisotopic (exact) mass is 597 g/mol. The number of phenolic OH excluding ortho intramolecular Hbond substituents is 1. The lowest BCUT2D eigenvalue weighted by Gasteiger charge is -2.09. The number of phenols is 1. The lowest BCUT2D eigenvalue weighted by atomic mass is 10.1. The van der Waals surface area contributed by atoms with Gasteiger partial charge in [0.2, 0.25) is 0 Å². The van der Waals surface area contributed by atoms with Gasteiger partial charge in [-0.3, -0.25) is 4.99 Å². The third-order valence-corrected chi connectivity index (χ3v) is 7.04. The van der Waals surface area contributed by atoms with Crippen molar-refractivity contribution < 1.29 is 19.4 Å². The van der Waals surface area contributed by atoms with Crippen molar-refractivity contribution in [2.24, 2.45) is 15.2 Å². The number of unbranched alkanes of at least 4 members (excludes halogenated alkanes) is 5. The van der Waals surface area contributed by atoms with E-state index in [0.29, 0.717) is 56.9 Å². The van der Waals surface area contributed by atoms with E-state index in [0.717, 1.165) is 12.8 Å². The molecule has 0 aliphatic heterocycles. The molecule has 0 spiro atoms. The van der Waals surface area contributed by atoms with Crippen LogP contribution in [-0.4, -0.2) is 23.9 Å². The molecule has 4 aromatic rings. The van der Waals surface area contributed by atoms with E-state index in [2.05, 4.69) is 22.1 Å². The van der Waals surface area contributed by atoms with Crippen LogP contribution in [0.5, 0.6) is 17.2 Å². The van der Waals surface area contributed by atoms with Crippen LogP contribution in [0.2, 0.25) is 5.02 Å². The summed E-state index contributed by atoms with van der Waals surface area (Å²) in [6, 6.07) is 24.2. The molecule has 43 heavy (non-hydrogen) atoms. The maximum absolute atomic E-state index is 13.0. The average Bonchev–Trinajstić information content (AvgIpc) is 3.01. The quantitative estimate of drug-likeness (QED) is 0.0514. The molecule has 0 aliphatic rings. The molecule has 7 nitrogen and oxygen atoms in total. The van der Waals surface area contributed by atoms with Crippen molar-refractivity contribution in [3.63, 3.8) is 0 Å². The number of ether oxygens (including phenoxy) is 2. The van der Waals surface area contributed by atoms with Gasteiger partial charge in [-0.1, -0.05) is 56.7 Å². The molecule has 0 atom stereocenters. The predicted octanol–water partition coefficient (Wildman–Crippen LogP) is 10.5. The number of hydrogen-bond acceptors (Lipinski definition) is 7. The van der Waals surface area contributed by atoms with Gasteiger partial charge in [-0.05, 0) is 91.7 Å². The second kappa shape index (κ2) is 16.2. The molecule has 0 heterocycles. The first kappa shape index (κ1) is 31.4. The van der Waals surface area contributed by atoms with Crippen LogP contribution in [0.1, 0.15) is 66.9 Å². The van der Waals surface area contributed by atoms with Crippen LogP contribution in [0, 0.1) is 6.92 Å². The van der Waals surface area contributed by atoms with E-state index in [9.17, 15) is 9.90 Å². The zero-order valence-corrected chi connectivity index (χ0v) is 25.3. The largest absolute Gasteiger partial charge is 0.507 e. The minimum atomic E-state index is -0.500. The van der Waals surface area contributed by atoms with Crippen molar-refractivity contribution in [2.45, 2.75) is 52.4 Å². The number of rotatable bonds is 14. The fraction of sp³-hybridized carbons (Fsp3) is 0.257. The molecule has 0 unspecified atom stereocenters. The van der Waals surface area contributed by atoms with Crippen LogP contribution in [-0.2, 0) is 0 Å². The van der Waals surface area contributed by atoms with Crippen LogP contribution in [0.15, 0.2) is 100 Å². The number of azo groups is 1. The smallest absolute Gasteiger partial charge is 0.343 e. The maximum Gasteiger partial charge on any atom is 0.343 e. The van der Waals surface area contributed by atoms with Crippen molar-refractivity contribution in [1.82, 2.24) is 0 Å². The maximum atomic E-state index is 13.0. The highest BCUT2D eigenvalue weighted by Gasteiger charge is 2.14. The number of aromatic hydroxyl groups is 1. The molecule has 4 aromatic carbocycles. The van der Waals surface area contributed by atoms with Gasteiger partial charge >= 0.3 is 5.97 Å². The first-order valence-electron chi connectivity index (χ1n) is 14.5. The third-order valence-electron chi connectivity index (χ3n) is 6.79. The molecule has 0 aliphatic carbocycles. The first-order valence-corrected chi connectivity index (χ1v) is 14.9. The number of carbonyl (C=O) groups is 1. The van der Waals surface area contributed by atoms with Crippen LogP contribution in [0.25, 0.3) is 0 Å². The lowest BCUT2D eigenvalue weighted by Crippen LogP contribution is -2.10. The molecule has 0 bridgehead atoms. The van der Waals surface area contributed by atoms with Gasteiger partial charge in [-0.25, -0.2) is 4.79 Å². The van der Waals surface area contributed by atoms with Crippen LogP contribution in [0.4, 0.5) is 17.1 Å². The Morgan fingerprint density at radius 2 is 1.49 bits per heavy atom. The number of nitrogens with zero attached hydrogens (tertiary/aromatic N) is 3. The minimum Gasteiger partial charge on any atom is -0.507 e. The van der Waals surface area contributed by atoms with E-state index < -0.39 is 5.97 Å². The Bertz CT molecular complexity index is 1550. The van der Waals surface area contributed by atoms with Crippen molar-refractivity contribution >= 4 is 40.8 Å². The van der Waals surface area contributed by atoms with Crippen LogP contribution >= 0.6 is 11.6 Å². The number of benzene rings is 4. The normalized spacial score (nSPS) is 11.3. The van der Waals surface area contributed by atoms with Crippen molar-refractivity contribution in [1.29, 1.82) is 0 Å². The fourth-order valence-electron chi connectivity index (χ4n) is 4.28. The second-order valence-electron chi connectivity index (χ2n) is 10.1. The van der Waals surface area contributed by atoms with Gasteiger partial charge in [0.05, 0.1) is 29.2 Å². The molecule has 4 rings (SSSR count). The summed E-state index contributed by atoms with van der Waals surface area (Å²) in [5.41, 5.74) is 3.49. The minimum absolute atomic E-state index is 0.0774. The Hall–Kier alpha value is -4.49. The van der Waals surface area contributed by atoms with Crippen LogP contribution < -0.4 is 9.47 Å². The second-order valence-corrected chi connectivity index (χ2v) is 10.5. The predicted molar refractivity (Wildman–Crippen MR) is 172 cm³/mol. The summed E-state index contributed by atoms with van der Waals surface area (Å²) >= 11 is 5.90. The molecule has 0 aromatic heterocycles. The molecule has 0 saturated carbocycles. The highest BCUT2D eigenvalue weighted by Crippen LogP contribution is 2.27. The number of aliphatic imine (C=N–C) groups is 1. The number of halogens is 1. The van der Waals surface area contributed by atoms with Gasteiger partial charge in [0.15, 0.2) is 0 Å². The summed E-state index contributed by atoms with van der Waals surface area (Å²) in [6.07, 6.45) is 8.72. The number of carbonyl (C=O) groups excluding carboxylic acids is 1. The van der Waals surface area contributed by atoms with Gasteiger partial charge in [0.25, 0.3) is 0 Å². The number of hydrogen-bond donors (Lipinski definition) is 1. The molecule has 0 fully saturated rings. The number of esters is 1.